The molecule has 0 unspecified atom stereocenters. The van der Waals surface area contributed by atoms with Gasteiger partial charge in [0.1, 0.15) is 0 Å². The Hall–Kier alpha value is -0.120. The Bertz CT molecular complexity index is 389. The van der Waals surface area contributed by atoms with E-state index in [-0.39, 0.29) is 6.10 Å². The quantitative estimate of drug-likeness (QED) is 0.718. The highest BCUT2D eigenvalue weighted by Gasteiger charge is 2.50. The van der Waals surface area contributed by atoms with E-state index >= 15 is 0 Å². The van der Waals surface area contributed by atoms with E-state index in [4.69, 9.17) is 4.74 Å². The second-order valence-electron chi connectivity index (χ2n) is 9.74. The van der Waals surface area contributed by atoms with Gasteiger partial charge in [-0.1, -0.05) is 6.42 Å². The lowest BCUT2D eigenvalue weighted by atomic mass is 9.49. The van der Waals surface area contributed by atoms with Crippen molar-refractivity contribution in [1.29, 1.82) is 0 Å². The lowest BCUT2D eigenvalue weighted by molar-refractivity contribution is -0.0746. The van der Waals surface area contributed by atoms with Crippen LogP contribution in [0.4, 0.5) is 0 Å². The molecule has 5 aliphatic rings. The predicted octanol–water partition coefficient (Wildman–Crippen LogP) is 3.84. The molecule has 1 aliphatic heterocycles. The Balaban J connectivity index is 1.17. The SMILES string of the molecule is C[C@@H]1CCCCN1C[C@H](O)COCCC12CC3CC(CC(C3)C1)C2. The van der Waals surface area contributed by atoms with Gasteiger partial charge in [-0.25, -0.2) is 0 Å². The van der Waals surface area contributed by atoms with Gasteiger partial charge >= 0.3 is 0 Å². The van der Waals surface area contributed by atoms with Crippen molar-refractivity contribution in [3.05, 3.63) is 0 Å². The summed E-state index contributed by atoms with van der Waals surface area (Å²) in [5.41, 5.74) is 0.612. The average Bonchev–Trinajstić information content (AvgIpc) is 2.53. The molecule has 4 aliphatic carbocycles. The van der Waals surface area contributed by atoms with Crippen molar-refractivity contribution in [2.24, 2.45) is 23.2 Å². The van der Waals surface area contributed by atoms with Crippen LogP contribution in [0.2, 0.25) is 0 Å². The number of β-amino-alcohol motifs (C(OH)–C–C–N with tert-alkyl or cyclic N) is 1. The predicted molar refractivity (Wildman–Crippen MR) is 96.9 cm³/mol. The normalized spacial score (nSPS) is 43.2. The van der Waals surface area contributed by atoms with Crippen LogP contribution >= 0.6 is 0 Å². The summed E-state index contributed by atoms with van der Waals surface area (Å²) in [7, 11) is 0. The number of rotatable bonds is 7. The Morgan fingerprint density at radius 3 is 2.38 bits per heavy atom. The summed E-state index contributed by atoms with van der Waals surface area (Å²) < 4.78 is 5.93. The van der Waals surface area contributed by atoms with Gasteiger partial charge in [0.2, 0.25) is 0 Å². The van der Waals surface area contributed by atoms with Crippen LogP contribution in [-0.4, -0.2) is 48.5 Å². The molecule has 0 radical (unpaired) electrons. The van der Waals surface area contributed by atoms with Crippen LogP contribution in [0.15, 0.2) is 0 Å². The standard InChI is InChI=1S/C21H37NO2/c1-16-4-2-3-6-22(16)14-20(23)15-24-7-5-21-11-17-8-18(12-21)10-19(9-17)13-21/h16-20,23H,2-15H2,1H3/t16-,17?,18?,19?,20+,21?/m1/s1. The van der Waals surface area contributed by atoms with Gasteiger partial charge in [0.05, 0.1) is 12.7 Å². The van der Waals surface area contributed by atoms with Crippen LogP contribution in [0.1, 0.15) is 71.1 Å². The largest absolute Gasteiger partial charge is 0.389 e. The summed E-state index contributed by atoms with van der Waals surface area (Å²) in [6.45, 7) is 5.61. The molecule has 1 saturated heterocycles. The molecule has 138 valence electrons. The number of nitrogens with zero attached hydrogens (tertiary/aromatic N) is 1. The maximum atomic E-state index is 10.3. The molecule has 5 rings (SSSR count). The molecule has 24 heavy (non-hydrogen) atoms. The Morgan fingerprint density at radius 1 is 1.08 bits per heavy atom. The molecule has 1 heterocycles. The van der Waals surface area contributed by atoms with Crippen molar-refractivity contribution >= 4 is 0 Å². The highest BCUT2D eigenvalue weighted by molar-refractivity contribution is 5.01. The van der Waals surface area contributed by atoms with Gasteiger partial charge in [-0.05, 0) is 94.4 Å². The van der Waals surface area contributed by atoms with Gasteiger partial charge in [0, 0.05) is 19.2 Å². The third kappa shape index (κ3) is 3.83. The van der Waals surface area contributed by atoms with Crippen molar-refractivity contribution < 1.29 is 9.84 Å². The van der Waals surface area contributed by atoms with Gasteiger partial charge in [0.25, 0.3) is 0 Å². The summed E-state index contributed by atoms with van der Waals surface area (Å²) in [6, 6.07) is 0.625. The van der Waals surface area contributed by atoms with Crippen LogP contribution in [0.3, 0.4) is 0 Å². The fourth-order valence-electron chi connectivity index (χ4n) is 6.86. The van der Waals surface area contributed by atoms with Crippen molar-refractivity contribution in [2.45, 2.75) is 83.3 Å². The van der Waals surface area contributed by atoms with Crippen molar-refractivity contribution in [2.75, 3.05) is 26.3 Å². The minimum Gasteiger partial charge on any atom is -0.389 e. The second kappa shape index (κ2) is 7.25. The molecule has 0 aromatic carbocycles. The molecular formula is C21H37NO2. The van der Waals surface area contributed by atoms with E-state index in [1.807, 2.05) is 0 Å². The third-order valence-electron chi connectivity index (χ3n) is 7.64. The molecule has 2 atom stereocenters. The molecule has 5 fully saturated rings. The summed E-state index contributed by atoms with van der Waals surface area (Å²) >= 11 is 0. The monoisotopic (exact) mass is 335 g/mol. The first-order valence-electron chi connectivity index (χ1n) is 10.6. The molecule has 4 saturated carbocycles. The summed E-state index contributed by atoms with van der Waals surface area (Å²) in [5, 5.41) is 10.3. The van der Waals surface area contributed by atoms with E-state index in [2.05, 4.69) is 11.8 Å². The minimum absolute atomic E-state index is 0.318. The molecule has 0 aromatic heterocycles. The minimum atomic E-state index is -0.318. The smallest absolute Gasteiger partial charge is 0.0900 e. The number of likely N-dealkylation sites (tertiary alicyclic amines) is 1. The van der Waals surface area contributed by atoms with Gasteiger partial charge in [-0.15, -0.1) is 0 Å². The lowest BCUT2D eigenvalue weighted by Crippen LogP contribution is -2.46. The molecule has 0 amide bonds. The highest BCUT2D eigenvalue weighted by Crippen LogP contribution is 2.61. The van der Waals surface area contributed by atoms with E-state index in [9.17, 15) is 5.11 Å². The van der Waals surface area contributed by atoms with Crippen LogP contribution < -0.4 is 0 Å². The number of hydrogen-bond acceptors (Lipinski definition) is 3. The molecule has 0 aromatic rings. The van der Waals surface area contributed by atoms with Gasteiger partial charge in [0.15, 0.2) is 0 Å². The molecule has 3 nitrogen and oxygen atoms in total. The number of piperidine rings is 1. The number of ether oxygens (including phenoxy) is 1. The zero-order valence-corrected chi connectivity index (χ0v) is 15.6. The zero-order valence-electron chi connectivity index (χ0n) is 15.6. The average molecular weight is 336 g/mol. The summed E-state index contributed by atoms with van der Waals surface area (Å²) in [6.07, 6.45) is 13.8. The zero-order chi connectivity index (χ0) is 16.6. The first-order chi connectivity index (χ1) is 11.6. The Morgan fingerprint density at radius 2 is 1.75 bits per heavy atom. The van der Waals surface area contributed by atoms with E-state index in [0.717, 1.165) is 37.5 Å². The molecule has 4 bridgehead atoms. The Kier molecular flexibility index (Phi) is 5.22. The topological polar surface area (TPSA) is 32.7 Å². The molecule has 0 spiro atoms. The maximum absolute atomic E-state index is 10.3. The first kappa shape index (κ1) is 17.3. The van der Waals surface area contributed by atoms with Gasteiger partial charge < -0.3 is 9.84 Å². The van der Waals surface area contributed by atoms with E-state index in [1.165, 1.54) is 64.2 Å². The number of aliphatic hydroxyl groups excluding tert-OH is 1. The molecular weight excluding hydrogens is 298 g/mol. The second-order valence-corrected chi connectivity index (χ2v) is 9.74. The number of hydrogen-bond donors (Lipinski definition) is 1. The molecule has 3 heteroatoms. The van der Waals surface area contributed by atoms with E-state index in [0.29, 0.717) is 18.1 Å². The Labute approximate surface area is 148 Å². The fraction of sp³-hybridized carbons (Fsp3) is 1.00. The van der Waals surface area contributed by atoms with Crippen molar-refractivity contribution in [1.82, 2.24) is 4.90 Å². The maximum Gasteiger partial charge on any atom is 0.0900 e. The van der Waals surface area contributed by atoms with Gasteiger partial charge in [-0.3, -0.25) is 4.90 Å². The van der Waals surface area contributed by atoms with Crippen LogP contribution in [-0.2, 0) is 4.74 Å². The van der Waals surface area contributed by atoms with E-state index in [1.54, 1.807) is 0 Å². The lowest BCUT2D eigenvalue weighted by Gasteiger charge is -2.57. The van der Waals surface area contributed by atoms with Crippen molar-refractivity contribution in [3.63, 3.8) is 0 Å². The van der Waals surface area contributed by atoms with Gasteiger partial charge in [-0.2, -0.15) is 0 Å². The molecule has 1 N–H and O–H groups in total. The summed E-state index contributed by atoms with van der Waals surface area (Å²) in [5.74, 6) is 3.09. The highest BCUT2D eigenvalue weighted by atomic mass is 16.5. The number of aliphatic hydroxyl groups is 1. The van der Waals surface area contributed by atoms with Crippen LogP contribution in [0.25, 0.3) is 0 Å². The van der Waals surface area contributed by atoms with Crippen LogP contribution in [0.5, 0.6) is 0 Å². The van der Waals surface area contributed by atoms with E-state index < -0.39 is 0 Å². The van der Waals surface area contributed by atoms with Crippen molar-refractivity contribution in [3.8, 4) is 0 Å². The summed E-state index contributed by atoms with van der Waals surface area (Å²) in [4.78, 5) is 2.44. The van der Waals surface area contributed by atoms with Crippen LogP contribution in [0, 0.1) is 23.2 Å². The fourth-order valence-corrected chi connectivity index (χ4v) is 6.86. The third-order valence-corrected chi connectivity index (χ3v) is 7.64. The first-order valence-corrected chi connectivity index (χ1v) is 10.6.